The third-order valence-corrected chi connectivity index (χ3v) is 10.3. The maximum Gasteiger partial charge on any atom is 0.234 e. The van der Waals surface area contributed by atoms with Crippen molar-refractivity contribution in [2.24, 2.45) is 0 Å². The summed E-state index contributed by atoms with van der Waals surface area (Å²) in [5.41, 5.74) is 11.2. The van der Waals surface area contributed by atoms with Gasteiger partial charge in [0.05, 0.1) is 33.1 Å². The lowest BCUT2D eigenvalue weighted by atomic mass is 10.1. The highest BCUT2D eigenvalue weighted by atomic mass is 15.2. The molecule has 5 nitrogen and oxygen atoms in total. The molecule has 0 fully saturated rings. The first-order chi connectivity index (χ1) is 25.3. The monoisotopic (exact) mass is 651 g/mol. The molecule has 0 spiro atoms. The van der Waals surface area contributed by atoms with Crippen molar-refractivity contribution in [3.63, 3.8) is 0 Å². The minimum absolute atomic E-state index is 0.647. The summed E-state index contributed by atoms with van der Waals surface area (Å²) >= 11 is 0. The molecule has 4 heterocycles. The summed E-state index contributed by atoms with van der Waals surface area (Å²) in [6.07, 6.45) is 3.92. The van der Waals surface area contributed by atoms with Crippen LogP contribution in [0.1, 0.15) is 0 Å². The second kappa shape index (κ2) is 10.8. The number of para-hydroxylation sites is 5. The molecule has 0 aliphatic carbocycles. The van der Waals surface area contributed by atoms with Crippen LogP contribution in [-0.2, 0) is 0 Å². The Balaban J connectivity index is 1.09. The fourth-order valence-corrected chi connectivity index (χ4v) is 8.10. The maximum absolute atomic E-state index is 5.04. The smallest absolute Gasteiger partial charge is 0.234 e. The van der Waals surface area contributed by atoms with Gasteiger partial charge in [-0.05, 0) is 72.3 Å². The zero-order valence-electron chi connectivity index (χ0n) is 27.5. The van der Waals surface area contributed by atoms with Crippen LogP contribution in [0.4, 0.5) is 0 Å². The van der Waals surface area contributed by atoms with E-state index in [0.29, 0.717) is 5.95 Å². The van der Waals surface area contributed by atoms with E-state index in [-0.39, 0.29) is 0 Å². The van der Waals surface area contributed by atoms with Crippen molar-refractivity contribution < 1.29 is 0 Å². The molecule has 0 aliphatic rings. The van der Waals surface area contributed by atoms with Gasteiger partial charge in [0, 0.05) is 61.6 Å². The Bertz CT molecular complexity index is 3110. The lowest BCUT2D eigenvalue weighted by Gasteiger charge is -2.10. The first kappa shape index (κ1) is 27.9. The molecular formula is C46H29N5. The van der Waals surface area contributed by atoms with Gasteiger partial charge in [-0.3, -0.25) is 4.57 Å². The zero-order chi connectivity index (χ0) is 33.5. The second-order valence-corrected chi connectivity index (χ2v) is 13.1. The van der Waals surface area contributed by atoms with Gasteiger partial charge in [0.1, 0.15) is 0 Å². The van der Waals surface area contributed by atoms with Gasteiger partial charge >= 0.3 is 0 Å². The van der Waals surface area contributed by atoms with Crippen molar-refractivity contribution in [1.82, 2.24) is 23.7 Å². The van der Waals surface area contributed by atoms with Crippen LogP contribution in [0.5, 0.6) is 0 Å². The third-order valence-electron chi connectivity index (χ3n) is 10.3. The van der Waals surface area contributed by atoms with E-state index in [1.165, 1.54) is 48.9 Å². The molecule has 4 aromatic heterocycles. The van der Waals surface area contributed by atoms with Gasteiger partial charge in [0.25, 0.3) is 0 Å². The van der Waals surface area contributed by atoms with Crippen LogP contribution in [0, 0.1) is 0 Å². The Morgan fingerprint density at radius 1 is 0.294 bits per heavy atom. The highest BCUT2D eigenvalue weighted by Gasteiger charge is 2.19. The molecule has 51 heavy (non-hydrogen) atoms. The van der Waals surface area contributed by atoms with Crippen LogP contribution < -0.4 is 0 Å². The van der Waals surface area contributed by atoms with Gasteiger partial charge in [-0.25, -0.2) is 9.97 Å². The summed E-state index contributed by atoms with van der Waals surface area (Å²) in [5, 5.41) is 7.25. The predicted molar refractivity (Wildman–Crippen MR) is 210 cm³/mol. The van der Waals surface area contributed by atoms with Crippen molar-refractivity contribution in [2.45, 2.75) is 0 Å². The Hall–Kier alpha value is -6.98. The number of rotatable bonds is 4. The fourth-order valence-electron chi connectivity index (χ4n) is 8.10. The van der Waals surface area contributed by atoms with Crippen LogP contribution in [0.3, 0.4) is 0 Å². The lowest BCUT2D eigenvalue weighted by Crippen LogP contribution is -2.01. The summed E-state index contributed by atoms with van der Waals surface area (Å²) < 4.78 is 6.91. The third kappa shape index (κ3) is 4.09. The van der Waals surface area contributed by atoms with Crippen molar-refractivity contribution in [3.8, 4) is 28.5 Å². The highest BCUT2D eigenvalue weighted by Crippen LogP contribution is 2.40. The first-order valence-corrected chi connectivity index (χ1v) is 17.2. The minimum Gasteiger partial charge on any atom is -0.309 e. The quantitative estimate of drug-likeness (QED) is 0.190. The van der Waals surface area contributed by atoms with Crippen molar-refractivity contribution in [2.75, 3.05) is 0 Å². The number of hydrogen-bond donors (Lipinski definition) is 0. The molecule has 0 radical (unpaired) electrons. The van der Waals surface area contributed by atoms with E-state index in [9.17, 15) is 0 Å². The standard InChI is InChI=1S/C46H29N5/c1-3-13-32(14-4-1)49-40-20-10-7-17-34(40)37-25-30(23-24-43(37)49)31-28-47-46(48-29-31)51-42-22-12-9-19-36(42)39-26-38-35-18-8-11-21-41(35)50(44(38)27-45(39)51)33-15-5-2-6-16-33/h1-29H. The molecule has 11 aromatic rings. The van der Waals surface area contributed by atoms with Crippen LogP contribution >= 0.6 is 0 Å². The van der Waals surface area contributed by atoms with E-state index in [0.717, 1.165) is 39.1 Å². The molecule has 7 aromatic carbocycles. The summed E-state index contributed by atoms with van der Waals surface area (Å²) in [6.45, 7) is 0. The van der Waals surface area contributed by atoms with E-state index >= 15 is 0 Å². The summed E-state index contributed by atoms with van der Waals surface area (Å²) in [5.74, 6) is 0.647. The van der Waals surface area contributed by atoms with E-state index in [2.05, 4.69) is 177 Å². The largest absolute Gasteiger partial charge is 0.309 e. The molecular weight excluding hydrogens is 623 g/mol. The van der Waals surface area contributed by atoms with Crippen molar-refractivity contribution in [3.05, 3.63) is 176 Å². The van der Waals surface area contributed by atoms with Gasteiger partial charge in [0.15, 0.2) is 0 Å². The fraction of sp³-hybridized carbons (Fsp3) is 0. The molecule has 0 bridgehead atoms. The molecule has 0 aliphatic heterocycles. The molecule has 11 rings (SSSR count). The van der Waals surface area contributed by atoms with E-state index in [1.807, 2.05) is 12.4 Å². The van der Waals surface area contributed by atoms with E-state index in [4.69, 9.17) is 9.97 Å². The molecule has 0 saturated heterocycles. The number of hydrogen-bond acceptors (Lipinski definition) is 2. The van der Waals surface area contributed by atoms with Gasteiger partial charge in [-0.2, -0.15) is 0 Å². The lowest BCUT2D eigenvalue weighted by molar-refractivity contribution is 0.990. The second-order valence-electron chi connectivity index (χ2n) is 13.1. The number of aromatic nitrogens is 5. The maximum atomic E-state index is 5.04. The highest BCUT2D eigenvalue weighted by molar-refractivity contribution is 6.19. The average Bonchev–Trinajstić information content (AvgIpc) is 3.83. The Labute approximate surface area is 292 Å². The summed E-state index contributed by atoms with van der Waals surface area (Å²) in [4.78, 5) is 10.1. The summed E-state index contributed by atoms with van der Waals surface area (Å²) in [7, 11) is 0. The van der Waals surface area contributed by atoms with Crippen LogP contribution in [-0.4, -0.2) is 23.7 Å². The molecule has 0 unspecified atom stereocenters. The van der Waals surface area contributed by atoms with Crippen LogP contribution in [0.2, 0.25) is 0 Å². The topological polar surface area (TPSA) is 40.6 Å². The van der Waals surface area contributed by atoms with Gasteiger partial charge in [0.2, 0.25) is 5.95 Å². The Morgan fingerprint density at radius 3 is 1.29 bits per heavy atom. The van der Waals surface area contributed by atoms with Crippen LogP contribution in [0.15, 0.2) is 176 Å². The average molecular weight is 652 g/mol. The normalized spacial score (nSPS) is 11.9. The zero-order valence-corrected chi connectivity index (χ0v) is 27.5. The number of benzene rings is 7. The molecule has 238 valence electrons. The van der Waals surface area contributed by atoms with Gasteiger partial charge < -0.3 is 9.13 Å². The molecule has 5 heteroatoms. The van der Waals surface area contributed by atoms with Gasteiger partial charge in [-0.15, -0.1) is 0 Å². The number of nitrogens with zero attached hydrogens (tertiary/aromatic N) is 5. The predicted octanol–water partition coefficient (Wildman–Crippen LogP) is 11.4. The minimum atomic E-state index is 0.647. The molecule has 0 N–H and O–H groups in total. The molecule has 0 amide bonds. The SMILES string of the molecule is c1ccc(-n2c3ccccc3c3cc(-c4cnc(-n5c6ccccc6c6cc7c8ccccc8n(-c8ccccc8)c7cc65)nc4)ccc32)cc1. The number of fused-ring (bicyclic) bond motifs is 9. The van der Waals surface area contributed by atoms with E-state index in [1.54, 1.807) is 0 Å². The summed E-state index contributed by atoms with van der Waals surface area (Å²) in [6, 6.07) is 58.3. The van der Waals surface area contributed by atoms with Crippen molar-refractivity contribution in [1.29, 1.82) is 0 Å². The van der Waals surface area contributed by atoms with Crippen molar-refractivity contribution >= 4 is 65.4 Å². The molecule has 0 atom stereocenters. The van der Waals surface area contributed by atoms with Gasteiger partial charge in [-0.1, -0.05) is 97.1 Å². The first-order valence-electron chi connectivity index (χ1n) is 17.2. The Kier molecular flexibility index (Phi) is 5.89. The molecule has 0 saturated carbocycles. The Morgan fingerprint density at radius 2 is 0.725 bits per heavy atom. The van der Waals surface area contributed by atoms with Crippen LogP contribution in [0.25, 0.3) is 93.9 Å². The van der Waals surface area contributed by atoms with E-state index < -0.39 is 0 Å².